The number of benzene rings is 1. The predicted molar refractivity (Wildman–Crippen MR) is 106 cm³/mol. The summed E-state index contributed by atoms with van der Waals surface area (Å²) in [4.78, 5) is 20.6. The lowest BCUT2D eigenvalue weighted by Gasteiger charge is -2.38. The molecule has 0 N–H and O–H groups in total. The summed E-state index contributed by atoms with van der Waals surface area (Å²) in [5, 5.41) is 0. The van der Waals surface area contributed by atoms with Crippen LogP contribution in [0.1, 0.15) is 28.2 Å². The van der Waals surface area contributed by atoms with Crippen molar-refractivity contribution < 1.29 is 9.53 Å². The third-order valence-electron chi connectivity index (χ3n) is 5.77. The van der Waals surface area contributed by atoms with Gasteiger partial charge < -0.3 is 9.64 Å². The van der Waals surface area contributed by atoms with Gasteiger partial charge in [0.15, 0.2) is 0 Å². The van der Waals surface area contributed by atoms with Crippen LogP contribution in [-0.2, 0) is 21.5 Å². The number of carbonyl (C=O) groups is 1. The van der Waals surface area contributed by atoms with Crippen LogP contribution < -0.4 is 4.90 Å². The van der Waals surface area contributed by atoms with Gasteiger partial charge in [-0.15, -0.1) is 11.3 Å². The van der Waals surface area contributed by atoms with Crippen LogP contribution >= 0.6 is 11.3 Å². The van der Waals surface area contributed by atoms with Crippen molar-refractivity contribution in [1.82, 2.24) is 4.90 Å². The Morgan fingerprint density at radius 3 is 2.62 bits per heavy atom. The number of hydrogen-bond acceptors (Lipinski definition) is 4. The van der Waals surface area contributed by atoms with Crippen molar-refractivity contribution in [3.63, 3.8) is 0 Å². The van der Waals surface area contributed by atoms with E-state index in [4.69, 9.17) is 4.74 Å². The molecule has 0 unspecified atom stereocenters. The van der Waals surface area contributed by atoms with E-state index in [1.807, 2.05) is 22.3 Å². The first-order valence-corrected chi connectivity index (χ1v) is 10.1. The van der Waals surface area contributed by atoms with E-state index in [0.29, 0.717) is 13.2 Å². The zero-order chi connectivity index (χ0) is 18.1. The second-order valence-electron chi connectivity index (χ2n) is 7.34. The van der Waals surface area contributed by atoms with Crippen LogP contribution in [0.4, 0.5) is 5.69 Å². The summed E-state index contributed by atoms with van der Waals surface area (Å²) in [6.45, 7) is 6.29. The van der Waals surface area contributed by atoms with Crippen molar-refractivity contribution >= 4 is 22.9 Å². The Morgan fingerprint density at radius 1 is 1.15 bits per heavy atom. The molecule has 5 heteroatoms. The molecule has 4 rings (SSSR count). The van der Waals surface area contributed by atoms with Crippen molar-refractivity contribution in [2.75, 3.05) is 38.3 Å². The van der Waals surface area contributed by atoms with Gasteiger partial charge in [-0.05, 0) is 56.6 Å². The van der Waals surface area contributed by atoms with Crippen molar-refractivity contribution in [2.45, 2.75) is 31.7 Å². The molecule has 3 heterocycles. The van der Waals surface area contributed by atoms with Gasteiger partial charge in [-0.2, -0.15) is 0 Å². The summed E-state index contributed by atoms with van der Waals surface area (Å²) < 4.78 is 5.23. The van der Waals surface area contributed by atoms with Crippen molar-refractivity contribution in [3.05, 3.63) is 51.7 Å². The molecule has 1 aromatic carbocycles. The first-order valence-electron chi connectivity index (χ1n) is 9.32. The molecule has 1 spiro atoms. The van der Waals surface area contributed by atoms with E-state index in [1.165, 1.54) is 15.3 Å². The van der Waals surface area contributed by atoms with Gasteiger partial charge in [-0.1, -0.05) is 18.2 Å². The highest BCUT2D eigenvalue weighted by molar-refractivity contribution is 7.11. The molecular formula is C21H26N2O2S. The topological polar surface area (TPSA) is 32.8 Å². The maximum absolute atomic E-state index is 13.4. The molecule has 2 aromatic rings. The minimum Gasteiger partial charge on any atom is -0.383 e. The second kappa shape index (κ2) is 7.14. The molecule has 2 aliphatic rings. The Labute approximate surface area is 159 Å². The van der Waals surface area contributed by atoms with E-state index in [2.05, 4.69) is 42.2 Å². The van der Waals surface area contributed by atoms with Crippen LogP contribution in [-0.4, -0.2) is 44.2 Å². The highest BCUT2D eigenvalue weighted by Crippen LogP contribution is 2.47. The van der Waals surface area contributed by atoms with Gasteiger partial charge in [0.1, 0.15) is 0 Å². The number of fused-ring (bicyclic) bond motifs is 2. The quantitative estimate of drug-likeness (QED) is 0.806. The normalized spacial score (nSPS) is 19.3. The number of aryl methyl sites for hydroxylation is 1. The third-order valence-corrected chi connectivity index (χ3v) is 6.75. The zero-order valence-corrected chi connectivity index (χ0v) is 16.3. The van der Waals surface area contributed by atoms with Crippen molar-refractivity contribution in [1.29, 1.82) is 0 Å². The fourth-order valence-electron chi connectivity index (χ4n) is 4.37. The average molecular weight is 371 g/mol. The number of carbonyl (C=O) groups excluding carboxylic acids is 1. The van der Waals surface area contributed by atoms with E-state index in [0.717, 1.165) is 38.2 Å². The monoisotopic (exact) mass is 370 g/mol. The van der Waals surface area contributed by atoms with Crippen LogP contribution in [0.2, 0.25) is 0 Å². The number of ether oxygens (including phenoxy) is 1. The van der Waals surface area contributed by atoms with E-state index >= 15 is 0 Å². The van der Waals surface area contributed by atoms with Gasteiger partial charge >= 0.3 is 0 Å². The molecule has 0 aliphatic carbocycles. The molecule has 2 aliphatic heterocycles. The molecule has 1 fully saturated rings. The summed E-state index contributed by atoms with van der Waals surface area (Å²) in [6, 6.07) is 12.7. The highest BCUT2D eigenvalue weighted by atomic mass is 32.1. The average Bonchev–Trinajstić information content (AvgIpc) is 3.16. The molecule has 0 atom stereocenters. The molecule has 4 nitrogen and oxygen atoms in total. The lowest BCUT2D eigenvalue weighted by atomic mass is 9.73. The van der Waals surface area contributed by atoms with Crippen LogP contribution in [0.25, 0.3) is 0 Å². The Kier molecular flexibility index (Phi) is 4.86. The molecule has 1 aromatic heterocycles. The Bertz CT molecular complexity index is 793. The molecular weight excluding hydrogens is 344 g/mol. The minimum absolute atomic E-state index is 0.266. The van der Waals surface area contributed by atoms with Gasteiger partial charge in [0.05, 0.1) is 12.0 Å². The number of methoxy groups -OCH3 is 1. The van der Waals surface area contributed by atoms with Gasteiger partial charge in [-0.25, -0.2) is 0 Å². The van der Waals surface area contributed by atoms with Gasteiger partial charge in [0, 0.05) is 35.6 Å². The summed E-state index contributed by atoms with van der Waals surface area (Å²) in [7, 11) is 1.69. The Morgan fingerprint density at radius 2 is 1.92 bits per heavy atom. The number of piperidine rings is 1. The van der Waals surface area contributed by atoms with Gasteiger partial charge in [0.25, 0.3) is 0 Å². The number of thiophene rings is 1. The maximum Gasteiger partial charge on any atom is 0.237 e. The summed E-state index contributed by atoms with van der Waals surface area (Å²) in [5.41, 5.74) is 1.95. The predicted octanol–water partition coefficient (Wildman–Crippen LogP) is 3.58. The molecule has 0 saturated carbocycles. The third kappa shape index (κ3) is 2.98. The van der Waals surface area contributed by atoms with E-state index in [-0.39, 0.29) is 11.3 Å². The SMILES string of the molecule is COCCN1C(=O)C2(CCN(Cc3ccc(C)s3)CC2)c2ccccc21. The van der Waals surface area contributed by atoms with Crippen LogP contribution in [0.15, 0.2) is 36.4 Å². The molecule has 0 radical (unpaired) electrons. The number of anilines is 1. The molecule has 26 heavy (non-hydrogen) atoms. The molecule has 138 valence electrons. The molecule has 0 bridgehead atoms. The van der Waals surface area contributed by atoms with E-state index in [9.17, 15) is 4.79 Å². The fourth-order valence-corrected chi connectivity index (χ4v) is 5.30. The van der Waals surface area contributed by atoms with E-state index in [1.54, 1.807) is 7.11 Å². The Hall–Kier alpha value is -1.69. The fraction of sp³-hybridized carbons (Fsp3) is 0.476. The Balaban J connectivity index is 1.53. The first kappa shape index (κ1) is 17.7. The van der Waals surface area contributed by atoms with Crippen LogP contribution in [0.5, 0.6) is 0 Å². The first-order chi connectivity index (χ1) is 12.6. The second-order valence-corrected chi connectivity index (χ2v) is 8.71. The summed E-state index contributed by atoms with van der Waals surface area (Å²) in [5.74, 6) is 0.266. The van der Waals surface area contributed by atoms with Crippen molar-refractivity contribution in [3.8, 4) is 0 Å². The molecule has 1 saturated heterocycles. The largest absolute Gasteiger partial charge is 0.383 e. The lowest BCUT2D eigenvalue weighted by Crippen LogP contribution is -2.48. The number of nitrogens with zero attached hydrogens (tertiary/aromatic N) is 2. The zero-order valence-electron chi connectivity index (χ0n) is 15.5. The number of hydrogen-bond donors (Lipinski definition) is 0. The summed E-state index contributed by atoms with van der Waals surface area (Å²) >= 11 is 1.87. The molecule has 1 amide bonds. The lowest BCUT2D eigenvalue weighted by molar-refractivity contribution is -0.125. The highest BCUT2D eigenvalue weighted by Gasteiger charge is 2.51. The van der Waals surface area contributed by atoms with Gasteiger partial charge in [-0.3, -0.25) is 9.69 Å². The standard InChI is InChI=1S/C21H26N2O2S/c1-16-7-8-17(26-16)15-22-11-9-21(10-12-22)18-5-3-4-6-19(18)23(20(21)24)13-14-25-2/h3-8H,9-15H2,1-2H3. The number of amides is 1. The minimum atomic E-state index is -0.341. The van der Waals surface area contributed by atoms with Crippen molar-refractivity contribution in [2.24, 2.45) is 0 Å². The summed E-state index contributed by atoms with van der Waals surface area (Å²) in [6.07, 6.45) is 1.80. The van der Waals surface area contributed by atoms with Crippen LogP contribution in [0, 0.1) is 6.92 Å². The number of para-hydroxylation sites is 1. The number of rotatable bonds is 5. The van der Waals surface area contributed by atoms with E-state index < -0.39 is 0 Å². The smallest absolute Gasteiger partial charge is 0.237 e. The van der Waals surface area contributed by atoms with Crippen LogP contribution in [0.3, 0.4) is 0 Å². The number of likely N-dealkylation sites (tertiary alicyclic amines) is 1. The maximum atomic E-state index is 13.4. The van der Waals surface area contributed by atoms with Gasteiger partial charge in [0.2, 0.25) is 5.91 Å².